The number of nitrogens with two attached hydrogens (primary N) is 1. The van der Waals surface area contributed by atoms with Crippen LogP contribution in [0.25, 0.3) is 10.1 Å². The van der Waals surface area contributed by atoms with Crippen molar-refractivity contribution < 1.29 is 13.9 Å². The summed E-state index contributed by atoms with van der Waals surface area (Å²) < 4.78 is 17.9. The fourth-order valence-electron chi connectivity index (χ4n) is 3.95. The van der Waals surface area contributed by atoms with Gasteiger partial charge in [-0.15, -0.1) is 11.3 Å². The number of hydrogen-bond donors (Lipinski definition) is 3. The molecule has 0 radical (unpaired) electrons. The molecule has 2 unspecified atom stereocenters. The first-order chi connectivity index (χ1) is 15.1. The second-order valence-electron chi connectivity index (χ2n) is 7.57. The fourth-order valence-corrected chi connectivity index (χ4v) is 5.00. The maximum Gasteiger partial charge on any atom is 0.122 e. The molecule has 2 atom stereocenters. The Morgan fingerprint density at radius 3 is 2.84 bits per heavy atom. The molecule has 0 saturated heterocycles. The van der Waals surface area contributed by atoms with Crippen molar-refractivity contribution in [2.45, 2.75) is 13.5 Å². The average Bonchev–Trinajstić information content (AvgIpc) is 3.44. The van der Waals surface area contributed by atoms with Crippen LogP contribution in [0, 0.1) is 17.2 Å². The summed E-state index contributed by atoms with van der Waals surface area (Å²) in [5, 5.41) is 13.3. The molecule has 31 heavy (non-hydrogen) atoms. The van der Waals surface area contributed by atoms with Gasteiger partial charge in [0.25, 0.3) is 0 Å². The van der Waals surface area contributed by atoms with E-state index in [2.05, 4.69) is 30.4 Å². The van der Waals surface area contributed by atoms with Gasteiger partial charge in [-0.05, 0) is 41.6 Å². The summed E-state index contributed by atoms with van der Waals surface area (Å²) >= 11 is 1.63. The molecule has 0 aliphatic heterocycles. The summed E-state index contributed by atoms with van der Waals surface area (Å²) in [6.07, 6.45) is 3.49. The average molecular weight is 438 g/mol. The number of nitrogens with one attached hydrogen (secondary N) is 2. The van der Waals surface area contributed by atoms with E-state index in [1.165, 1.54) is 4.70 Å². The van der Waals surface area contributed by atoms with Crippen LogP contribution in [0.3, 0.4) is 0 Å². The first kappa shape index (κ1) is 21.4. The number of allylic oxidation sites excluding steroid dienone is 2. The predicted octanol–water partition coefficient (Wildman–Crippen LogP) is 4.64. The van der Waals surface area contributed by atoms with Crippen molar-refractivity contribution in [2.75, 3.05) is 20.4 Å². The molecule has 3 aromatic rings. The molecule has 162 valence electrons. The minimum Gasteiger partial charge on any atom is -0.497 e. The molecule has 0 spiro atoms. The number of rotatable bonds is 9. The Labute approximate surface area is 185 Å². The zero-order valence-electron chi connectivity index (χ0n) is 17.7. The highest BCUT2D eigenvalue weighted by molar-refractivity contribution is 7.20. The van der Waals surface area contributed by atoms with E-state index >= 15 is 0 Å². The summed E-state index contributed by atoms with van der Waals surface area (Å²) in [7, 11) is 1.64. The Kier molecular flexibility index (Phi) is 6.56. The lowest BCUT2D eigenvalue weighted by molar-refractivity contribution is 0.122. The second-order valence-corrected chi connectivity index (χ2v) is 8.65. The van der Waals surface area contributed by atoms with E-state index in [1.807, 2.05) is 30.3 Å². The monoisotopic (exact) mass is 437 g/mol. The maximum absolute atomic E-state index is 8.92. The Hall–Kier alpha value is -2.87. The molecule has 1 aliphatic carbocycles. The van der Waals surface area contributed by atoms with E-state index in [0.717, 1.165) is 27.4 Å². The quantitative estimate of drug-likeness (QED) is 0.258. The van der Waals surface area contributed by atoms with Gasteiger partial charge < -0.3 is 25.0 Å². The normalized spacial score (nSPS) is 19.0. The molecule has 0 fully saturated rings. The standard InChI is InChI=1S/C24H27N3O3S/c1-15-18(13-29-14-27-12-17-7-5-9-30-17)20(28-2)11-19(25)23(15)24(26)22-10-16-6-3-4-8-21(16)31-22/h3-11,15,23,26-27H,12-14,25H2,1-2H3. The molecule has 4 rings (SSSR count). The van der Waals surface area contributed by atoms with Crippen LogP contribution < -0.4 is 11.1 Å². The van der Waals surface area contributed by atoms with Gasteiger partial charge in [0.1, 0.15) is 11.5 Å². The van der Waals surface area contributed by atoms with E-state index in [0.29, 0.717) is 31.3 Å². The van der Waals surface area contributed by atoms with Crippen molar-refractivity contribution in [1.82, 2.24) is 5.32 Å². The maximum atomic E-state index is 8.92. The van der Waals surface area contributed by atoms with Crippen LogP contribution in [0.1, 0.15) is 17.6 Å². The van der Waals surface area contributed by atoms with Gasteiger partial charge in [0, 0.05) is 26.8 Å². The van der Waals surface area contributed by atoms with Crippen LogP contribution in [-0.2, 0) is 16.0 Å². The molecule has 1 aliphatic rings. The number of ether oxygens (including phenoxy) is 2. The molecule has 2 heterocycles. The third kappa shape index (κ3) is 4.58. The van der Waals surface area contributed by atoms with Crippen molar-refractivity contribution in [3.05, 3.63) is 82.5 Å². The smallest absolute Gasteiger partial charge is 0.122 e. The first-order valence-corrected chi connectivity index (χ1v) is 11.0. The predicted molar refractivity (Wildman–Crippen MR) is 124 cm³/mol. The van der Waals surface area contributed by atoms with E-state index < -0.39 is 0 Å². The number of thiophene rings is 1. The van der Waals surface area contributed by atoms with Gasteiger partial charge in [-0.1, -0.05) is 25.1 Å². The van der Waals surface area contributed by atoms with Gasteiger partial charge in [-0.25, -0.2) is 0 Å². The highest BCUT2D eigenvalue weighted by atomic mass is 32.1. The number of hydrogen-bond acceptors (Lipinski definition) is 7. The molecule has 0 saturated carbocycles. The van der Waals surface area contributed by atoms with Gasteiger partial charge in [0.2, 0.25) is 0 Å². The lowest BCUT2D eigenvalue weighted by Crippen LogP contribution is -2.33. The van der Waals surface area contributed by atoms with Crippen LogP contribution in [0.15, 0.2) is 76.3 Å². The molecular weight excluding hydrogens is 410 g/mol. The summed E-state index contributed by atoms with van der Waals surface area (Å²) in [6.45, 7) is 3.46. The van der Waals surface area contributed by atoms with Crippen LogP contribution >= 0.6 is 11.3 Å². The van der Waals surface area contributed by atoms with E-state index in [4.69, 9.17) is 25.0 Å². The largest absolute Gasteiger partial charge is 0.497 e. The molecule has 7 heteroatoms. The summed E-state index contributed by atoms with van der Waals surface area (Å²) in [6, 6.07) is 14.0. The van der Waals surface area contributed by atoms with Gasteiger partial charge in [0.05, 0.1) is 39.0 Å². The van der Waals surface area contributed by atoms with Crippen molar-refractivity contribution in [2.24, 2.45) is 17.6 Å². The molecule has 4 N–H and O–H groups in total. The molecule has 0 bridgehead atoms. The lowest BCUT2D eigenvalue weighted by Gasteiger charge is -2.32. The van der Waals surface area contributed by atoms with Gasteiger partial charge in [0.15, 0.2) is 0 Å². The van der Waals surface area contributed by atoms with Crippen molar-refractivity contribution in [1.29, 1.82) is 5.41 Å². The highest BCUT2D eigenvalue weighted by Gasteiger charge is 2.34. The third-order valence-corrected chi connectivity index (χ3v) is 6.74. The molecule has 6 nitrogen and oxygen atoms in total. The summed E-state index contributed by atoms with van der Waals surface area (Å²) in [4.78, 5) is 0.940. The van der Waals surface area contributed by atoms with Crippen LogP contribution in [0.2, 0.25) is 0 Å². The van der Waals surface area contributed by atoms with Crippen LogP contribution in [0.5, 0.6) is 0 Å². The Morgan fingerprint density at radius 1 is 1.26 bits per heavy atom. The highest BCUT2D eigenvalue weighted by Crippen LogP contribution is 2.37. The minimum absolute atomic E-state index is 0.0114. The summed E-state index contributed by atoms with van der Waals surface area (Å²) in [5.41, 5.74) is 8.59. The minimum atomic E-state index is -0.221. The number of furan rings is 1. The van der Waals surface area contributed by atoms with Crippen molar-refractivity contribution >= 4 is 27.1 Å². The summed E-state index contributed by atoms with van der Waals surface area (Å²) in [5.74, 6) is 1.35. The molecule has 1 aromatic carbocycles. The Morgan fingerprint density at radius 2 is 2.10 bits per heavy atom. The van der Waals surface area contributed by atoms with Gasteiger partial charge in [-0.3, -0.25) is 5.32 Å². The van der Waals surface area contributed by atoms with Crippen molar-refractivity contribution in [3.63, 3.8) is 0 Å². The zero-order valence-corrected chi connectivity index (χ0v) is 18.5. The SMILES string of the molecule is COC1=C(COCNCc2ccco2)C(C)C(C(=N)c2cc3ccccc3s2)C(N)=C1. The number of benzene rings is 1. The van der Waals surface area contributed by atoms with E-state index in [9.17, 15) is 0 Å². The number of fused-ring (bicyclic) bond motifs is 1. The Balaban J connectivity index is 1.45. The topological polar surface area (TPSA) is 93.5 Å². The van der Waals surface area contributed by atoms with Gasteiger partial charge in [-0.2, -0.15) is 0 Å². The van der Waals surface area contributed by atoms with E-state index in [1.54, 1.807) is 24.7 Å². The zero-order chi connectivity index (χ0) is 21.8. The fraction of sp³-hybridized carbons (Fsp3) is 0.292. The molecular formula is C24H27N3O3S. The Bertz CT molecular complexity index is 1080. The van der Waals surface area contributed by atoms with Crippen LogP contribution in [0.4, 0.5) is 0 Å². The van der Waals surface area contributed by atoms with Crippen LogP contribution in [-0.4, -0.2) is 26.2 Å². The molecule has 2 aromatic heterocycles. The number of methoxy groups -OCH3 is 1. The van der Waals surface area contributed by atoms with Gasteiger partial charge >= 0.3 is 0 Å². The first-order valence-electron chi connectivity index (χ1n) is 10.2. The van der Waals surface area contributed by atoms with Crippen molar-refractivity contribution in [3.8, 4) is 0 Å². The molecule has 0 amide bonds. The lowest BCUT2D eigenvalue weighted by atomic mass is 9.77. The second kappa shape index (κ2) is 9.51. The van der Waals surface area contributed by atoms with E-state index in [-0.39, 0.29) is 11.8 Å². The third-order valence-electron chi connectivity index (χ3n) is 5.59.